The first-order valence-electron chi connectivity index (χ1n) is 11.9. The number of carbonyl (C=O) groups is 1. The van der Waals surface area contributed by atoms with Gasteiger partial charge in [-0.1, -0.05) is 54.6 Å². The molecule has 226 valence electrons. The van der Waals surface area contributed by atoms with Gasteiger partial charge in [-0.05, 0) is 112 Å². The summed E-state index contributed by atoms with van der Waals surface area (Å²) >= 11 is 12.8. The summed E-state index contributed by atoms with van der Waals surface area (Å²) in [6.07, 6.45) is 0. The fourth-order valence-corrected chi connectivity index (χ4v) is 4.97. The van der Waals surface area contributed by atoms with E-state index < -0.39 is 11.6 Å². The maximum absolute atomic E-state index is 12.5. The third-order valence-corrected chi connectivity index (χ3v) is 7.14. The molecule has 5 aromatic carbocycles. The number of rotatable bonds is 5. The molecule has 5 rings (SSSR count). The predicted molar refractivity (Wildman–Crippen MR) is 173 cm³/mol. The number of phenolic OH excluding ortho intramolecular Hbond substituents is 1. The minimum atomic E-state index is -0.597. The van der Waals surface area contributed by atoms with Crippen LogP contribution in [0.1, 0.15) is 1.43 Å². The van der Waals surface area contributed by atoms with E-state index in [1.165, 1.54) is 6.07 Å². The molecule has 5 aromatic rings. The maximum atomic E-state index is 12.5. The molecule has 0 unspecified atom stereocenters. The molecule has 0 spiro atoms. The largest absolute Gasteiger partial charge is 1.00 e. The van der Waals surface area contributed by atoms with Gasteiger partial charge in [0.2, 0.25) is 0 Å². The molecule has 0 aliphatic heterocycles. The van der Waals surface area contributed by atoms with Crippen LogP contribution in [0.5, 0.6) is 28.7 Å². The van der Waals surface area contributed by atoms with Crippen molar-refractivity contribution in [3.05, 3.63) is 145 Å². The van der Waals surface area contributed by atoms with Crippen molar-refractivity contribution < 1.29 is 142 Å². The van der Waals surface area contributed by atoms with Crippen LogP contribution in [0.3, 0.4) is 0 Å². The van der Waals surface area contributed by atoms with E-state index >= 15 is 0 Å². The molecule has 0 aromatic heterocycles. The molecule has 45 heavy (non-hydrogen) atoms. The number of carbonyl (C=O) groups excluding carboxylic acids is 1. The van der Waals surface area contributed by atoms with Crippen molar-refractivity contribution >= 4 is 70.2 Å². The smallest absolute Gasteiger partial charge is 1.00 e. The van der Waals surface area contributed by atoms with Crippen LogP contribution in [-0.2, 0) is 9.68 Å². The summed E-state index contributed by atoms with van der Waals surface area (Å²) in [5.74, 6) is 2.07. The molecular formula is C31H22Br4F2K2O6. The number of ether oxygens (including phenoxy) is 2. The van der Waals surface area contributed by atoms with Crippen LogP contribution in [0.2, 0.25) is 0 Å². The van der Waals surface area contributed by atoms with Gasteiger partial charge in [-0.15, -0.1) is 0 Å². The number of benzene rings is 5. The Bertz CT molecular complexity index is 1450. The van der Waals surface area contributed by atoms with Crippen molar-refractivity contribution in [3.63, 3.8) is 0 Å². The van der Waals surface area contributed by atoms with E-state index in [2.05, 4.69) is 68.6 Å². The molecule has 0 bridgehead atoms. The summed E-state index contributed by atoms with van der Waals surface area (Å²) in [7, 11) is 0. The van der Waals surface area contributed by atoms with Crippen LogP contribution in [0, 0.1) is 11.6 Å². The Morgan fingerprint density at radius 2 is 0.933 bits per heavy atom. The first-order chi connectivity index (χ1) is 20.6. The van der Waals surface area contributed by atoms with Gasteiger partial charge < -0.3 is 26.2 Å². The zero-order chi connectivity index (χ0) is 31.6. The van der Waals surface area contributed by atoms with Gasteiger partial charge >= 0.3 is 103 Å². The minimum absolute atomic E-state index is 0. The normalized spacial score (nSPS) is 9.04. The Hall–Kier alpha value is -0.0173. The predicted octanol–water partition coefficient (Wildman–Crippen LogP) is 4.23. The van der Waals surface area contributed by atoms with Crippen molar-refractivity contribution in [2.75, 3.05) is 0 Å². The first kappa shape index (κ1) is 45.0. The fraction of sp³-hybridized carbons (Fsp3) is 0. The number of hydrogen-bond donors (Lipinski definition) is 1. The fourth-order valence-electron chi connectivity index (χ4n) is 2.82. The molecule has 6 nitrogen and oxygen atoms in total. The third-order valence-electron chi connectivity index (χ3n) is 4.69. The van der Waals surface area contributed by atoms with Crippen molar-refractivity contribution in [1.82, 2.24) is 0 Å². The second-order valence-electron chi connectivity index (χ2n) is 7.75. The van der Waals surface area contributed by atoms with Crippen LogP contribution in [0.15, 0.2) is 133 Å². The van der Waals surface area contributed by atoms with E-state index in [-0.39, 0.29) is 120 Å². The molecule has 14 heteroatoms. The van der Waals surface area contributed by atoms with Gasteiger partial charge in [0.25, 0.3) is 6.47 Å². The van der Waals surface area contributed by atoms with Gasteiger partial charge in [0.05, 0.1) is 17.9 Å². The molecule has 0 saturated heterocycles. The van der Waals surface area contributed by atoms with Gasteiger partial charge in [-0.3, -0.25) is 4.79 Å². The third kappa shape index (κ3) is 18.4. The summed E-state index contributed by atoms with van der Waals surface area (Å²) in [6.45, 7) is -0.181. The van der Waals surface area contributed by atoms with Gasteiger partial charge in [0.15, 0.2) is 0 Å². The van der Waals surface area contributed by atoms with Crippen molar-refractivity contribution in [1.29, 1.82) is 0 Å². The monoisotopic (exact) mass is 922 g/mol. The standard InChI is InChI=1S/C18H12Br2O2.C6H2Br2F2.C6H6O.CH2O3.2K.H/c19-15-11-16(20)18(22-14-9-5-2-6-10-14)12-17(15)21-13-7-3-1-4-8-13;7-3-1-4(8)6(10)2-5(3)9;7-6-4-2-1-3-5-6;2-1-4-3;;;/h1-12H;1-2H;1-5,7H;1,3H;;;/q;;;;2*+1;-1/p-1. The number of para-hydroxylation sites is 3. The Morgan fingerprint density at radius 1 is 0.600 bits per heavy atom. The van der Waals surface area contributed by atoms with Crippen LogP contribution < -0.4 is 118 Å². The molecular weight excluding hydrogens is 904 g/mol. The molecule has 0 heterocycles. The van der Waals surface area contributed by atoms with Crippen molar-refractivity contribution in [2.45, 2.75) is 0 Å². The Labute approximate surface area is 379 Å². The summed E-state index contributed by atoms with van der Waals surface area (Å²) < 4.78 is 38.9. The number of hydrogen-bond acceptors (Lipinski definition) is 6. The molecule has 0 fully saturated rings. The molecule has 0 aliphatic rings. The molecule has 0 saturated carbocycles. The van der Waals surface area contributed by atoms with E-state index in [0.29, 0.717) is 17.2 Å². The van der Waals surface area contributed by atoms with E-state index in [9.17, 15) is 8.78 Å². The zero-order valence-electron chi connectivity index (χ0n) is 24.8. The summed E-state index contributed by atoms with van der Waals surface area (Å²) in [4.78, 5) is 11.2. The summed E-state index contributed by atoms with van der Waals surface area (Å²) in [5, 5.41) is 17.1. The van der Waals surface area contributed by atoms with Crippen molar-refractivity contribution in [2.24, 2.45) is 0 Å². The Kier molecular flexibility index (Phi) is 25.9. The summed E-state index contributed by atoms with van der Waals surface area (Å²) in [6, 6.07) is 33.9. The molecule has 0 atom stereocenters. The average Bonchev–Trinajstić information content (AvgIpc) is 3.01. The Morgan fingerprint density at radius 3 is 1.22 bits per heavy atom. The zero-order valence-corrected chi connectivity index (χ0v) is 36.4. The van der Waals surface area contributed by atoms with Gasteiger partial charge in [-0.25, -0.2) is 8.78 Å². The average molecular weight is 926 g/mol. The van der Waals surface area contributed by atoms with E-state index in [4.69, 9.17) is 24.6 Å². The SMILES string of the molecule is Brc1cc(Br)c(Oc2ccccc2)cc1Oc1ccccc1.Fc1cc(F)c(Br)cc1Br.O=CO[O-].Oc1ccccc1.[H-].[K+].[K+]. The molecule has 0 aliphatic carbocycles. The first-order valence-corrected chi connectivity index (χ1v) is 15.0. The molecule has 1 N–H and O–H groups in total. The van der Waals surface area contributed by atoms with Crippen LogP contribution in [0.4, 0.5) is 8.78 Å². The van der Waals surface area contributed by atoms with Gasteiger partial charge in [-0.2, -0.15) is 0 Å². The minimum Gasteiger partial charge on any atom is -1.00 e. The maximum Gasteiger partial charge on any atom is 1.00 e. The second kappa shape index (κ2) is 25.9. The quantitative estimate of drug-likeness (QED) is 0.0935. The van der Waals surface area contributed by atoms with Crippen LogP contribution in [0.25, 0.3) is 0 Å². The van der Waals surface area contributed by atoms with Gasteiger partial charge in [0.1, 0.15) is 40.4 Å². The molecule has 0 amide bonds. The number of halogens is 6. The van der Waals surface area contributed by atoms with Gasteiger partial charge in [0, 0.05) is 12.1 Å². The van der Waals surface area contributed by atoms with Crippen LogP contribution in [-0.4, -0.2) is 11.6 Å². The van der Waals surface area contributed by atoms with Crippen molar-refractivity contribution in [3.8, 4) is 28.7 Å². The summed E-state index contributed by atoms with van der Waals surface area (Å²) in [5.41, 5.74) is 0. The second-order valence-corrected chi connectivity index (χ2v) is 11.2. The number of phenols is 1. The molecule has 0 radical (unpaired) electrons. The van der Waals surface area contributed by atoms with E-state index in [0.717, 1.165) is 26.5 Å². The van der Waals surface area contributed by atoms with Crippen LogP contribution >= 0.6 is 63.7 Å². The Balaban J connectivity index is 0. The van der Waals surface area contributed by atoms with E-state index in [1.54, 1.807) is 24.3 Å². The topological polar surface area (TPSA) is 88.1 Å². The number of aromatic hydroxyl groups is 1. The van der Waals surface area contributed by atoms with E-state index in [1.807, 2.05) is 78.9 Å².